The van der Waals surface area contributed by atoms with Crippen molar-refractivity contribution < 1.29 is 4.79 Å². The highest BCUT2D eigenvalue weighted by Crippen LogP contribution is 2.34. The van der Waals surface area contributed by atoms with E-state index in [-0.39, 0.29) is 22.4 Å². The van der Waals surface area contributed by atoms with Gasteiger partial charge in [-0.05, 0) is 44.0 Å². The molecule has 0 saturated carbocycles. The maximum Gasteiger partial charge on any atom is 0.273 e. The van der Waals surface area contributed by atoms with E-state index in [4.69, 9.17) is 11.6 Å². The average Bonchev–Trinajstić information content (AvgIpc) is 3.24. The third kappa shape index (κ3) is 4.85. The molecule has 2 atom stereocenters. The number of nitrogens with one attached hydrogen (secondary N) is 1. The summed E-state index contributed by atoms with van der Waals surface area (Å²) >= 11 is 10.2. The van der Waals surface area contributed by atoms with Gasteiger partial charge < -0.3 is 5.32 Å². The van der Waals surface area contributed by atoms with Gasteiger partial charge in [0, 0.05) is 34.8 Å². The molecule has 8 nitrogen and oxygen atoms in total. The molecule has 10 heteroatoms. The second-order valence-corrected chi connectivity index (χ2v) is 10.7. The van der Waals surface area contributed by atoms with Gasteiger partial charge in [0.05, 0.1) is 41.3 Å². The summed E-state index contributed by atoms with van der Waals surface area (Å²) in [5.41, 5.74) is 4.86. The van der Waals surface area contributed by atoms with Gasteiger partial charge in [0.25, 0.3) is 5.56 Å². The number of aromatic nitrogens is 5. The van der Waals surface area contributed by atoms with Crippen molar-refractivity contribution in [3.8, 4) is 22.5 Å². The molecule has 5 rings (SSSR count). The molecular formula is C27H26BrClN6O2. The molecule has 3 aromatic heterocycles. The van der Waals surface area contributed by atoms with Crippen molar-refractivity contribution >= 4 is 39.1 Å². The number of hydrogen-bond acceptors (Lipinski definition) is 5. The van der Waals surface area contributed by atoms with E-state index in [9.17, 15) is 9.59 Å². The molecule has 4 heterocycles. The number of anilines is 1. The molecule has 4 aromatic rings. The first-order valence-corrected chi connectivity index (χ1v) is 13.2. The molecule has 190 valence electrons. The van der Waals surface area contributed by atoms with E-state index < -0.39 is 6.04 Å². The van der Waals surface area contributed by atoms with Crippen LogP contribution in [-0.4, -0.2) is 30.2 Å². The third-order valence-electron chi connectivity index (χ3n) is 6.81. The van der Waals surface area contributed by atoms with E-state index in [0.29, 0.717) is 36.3 Å². The van der Waals surface area contributed by atoms with E-state index in [2.05, 4.69) is 36.3 Å². The topological polar surface area (TPSA) is 94.7 Å². The maximum absolute atomic E-state index is 13.6. The monoisotopic (exact) mass is 580 g/mol. The zero-order chi connectivity index (χ0) is 26.3. The minimum Gasteiger partial charge on any atom is -0.323 e. The van der Waals surface area contributed by atoms with Gasteiger partial charge in [0.1, 0.15) is 5.02 Å². The Balaban J connectivity index is 1.64. The number of aryl methyl sites for hydroxylation is 2. The Morgan fingerprint density at radius 3 is 2.76 bits per heavy atom. The highest BCUT2D eigenvalue weighted by Gasteiger charge is 2.25. The number of nitrogens with zero attached hydrogens (tertiary/aromatic N) is 5. The molecule has 0 radical (unpaired) electrons. The summed E-state index contributed by atoms with van der Waals surface area (Å²) in [7, 11) is 1.83. The van der Waals surface area contributed by atoms with Crippen LogP contribution in [0.25, 0.3) is 22.5 Å². The number of fused-ring (bicyclic) bond motifs is 4. The van der Waals surface area contributed by atoms with Crippen molar-refractivity contribution in [3.63, 3.8) is 0 Å². The lowest BCUT2D eigenvalue weighted by molar-refractivity contribution is -0.119. The first-order chi connectivity index (χ1) is 17.7. The molecular weight excluding hydrogens is 556 g/mol. The first kappa shape index (κ1) is 25.4. The van der Waals surface area contributed by atoms with Crippen LogP contribution < -0.4 is 10.9 Å². The Morgan fingerprint density at radius 2 is 1.95 bits per heavy atom. The minimum absolute atomic E-state index is 0.0535. The summed E-state index contributed by atoms with van der Waals surface area (Å²) in [6.07, 6.45) is 6.87. The van der Waals surface area contributed by atoms with Crippen LogP contribution in [0.5, 0.6) is 0 Å². The molecule has 1 aliphatic rings. The second kappa shape index (κ2) is 10.2. The summed E-state index contributed by atoms with van der Waals surface area (Å²) in [5, 5.41) is 7.42. The summed E-state index contributed by atoms with van der Waals surface area (Å²) in [6.45, 7) is 3.88. The van der Waals surface area contributed by atoms with Crippen LogP contribution >= 0.6 is 27.5 Å². The molecule has 1 aromatic carbocycles. The largest absolute Gasteiger partial charge is 0.323 e. The molecule has 0 unspecified atom stereocenters. The number of benzene rings is 1. The maximum atomic E-state index is 13.6. The Morgan fingerprint density at radius 1 is 1.14 bits per heavy atom. The number of halogens is 2. The molecule has 37 heavy (non-hydrogen) atoms. The summed E-state index contributed by atoms with van der Waals surface area (Å²) in [6, 6.07) is 9.24. The van der Waals surface area contributed by atoms with Gasteiger partial charge in [-0.1, -0.05) is 52.5 Å². The van der Waals surface area contributed by atoms with Crippen LogP contribution in [0, 0.1) is 12.8 Å². The minimum atomic E-state index is -0.404. The lowest BCUT2D eigenvalue weighted by Gasteiger charge is -2.22. The van der Waals surface area contributed by atoms with Crippen LogP contribution in [-0.2, 0) is 11.8 Å². The van der Waals surface area contributed by atoms with Gasteiger partial charge >= 0.3 is 0 Å². The lowest BCUT2D eigenvalue weighted by atomic mass is 9.97. The smallest absolute Gasteiger partial charge is 0.273 e. The van der Waals surface area contributed by atoms with Crippen molar-refractivity contribution in [2.45, 2.75) is 39.2 Å². The summed E-state index contributed by atoms with van der Waals surface area (Å²) < 4.78 is 4.09. The van der Waals surface area contributed by atoms with Crippen molar-refractivity contribution in [2.24, 2.45) is 13.0 Å². The third-order valence-corrected chi connectivity index (χ3v) is 7.84. The van der Waals surface area contributed by atoms with Crippen molar-refractivity contribution in [3.05, 3.63) is 80.2 Å². The average molecular weight is 582 g/mol. The molecule has 0 aliphatic carbocycles. The van der Waals surface area contributed by atoms with E-state index >= 15 is 0 Å². The van der Waals surface area contributed by atoms with E-state index in [1.54, 1.807) is 28.0 Å². The van der Waals surface area contributed by atoms with Gasteiger partial charge in [-0.2, -0.15) is 5.10 Å². The van der Waals surface area contributed by atoms with Gasteiger partial charge in [-0.3, -0.25) is 23.8 Å². The molecule has 1 amide bonds. The van der Waals surface area contributed by atoms with Gasteiger partial charge in [-0.25, -0.2) is 4.98 Å². The highest BCUT2D eigenvalue weighted by atomic mass is 79.9. The SMILES string of the molecule is Cc1ccc(Br)c(-c2ncn([C@H]3CCC[C@@H](C)C(=O)Nc4cnn(C)c4-c4ccnc3c4)c(=O)c2Cl)c1. The normalized spacial score (nSPS) is 17.9. The molecule has 0 fully saturated rings. The van der Waals surface area contributed by atoms with Crippen LogP contribution in [0.4, 0.5) is 5.69 Å². The van der Waals surface area contributed by atoms with Crippen molar-refractivity contribution in [2.75, 3.05) is 5.32 Å². The molecule has 0 saturated heterocycles. The molecule has 1 N–H and O–H groups in total. The standard InChI is InChI=1S/C27H26BrClN6O2/c1-15-7-8-19(28)18(11-15)24-23(29)27(37)35(14-31-24)22-6-4-5-16(2)26(36)33-21-13-32-34(3)25(21)17-9-10-30-20(22)12-17/h7-14,16,22H,4-6H2,1-3H3,(H,33,36)/t16-,22+/m1/s1. The zero-order valence-corrected chi connectivity index (χ0v) is 23.0. The fraction of sp³-hybridized carbons (Fsp3) is 0.296. The van der Waals surface area contributed by atoms with Crippen LogP contribution in [0.15, 0.2) is 58.3 Å². The number of carbonyl (C=O) groups is 1. The van der Waals surface area contributed by atoms with E-state index in [0.717, 1.165) is 26.9 Å². The number of pyridine rings is 1. The Hall–Kier alpha value is -3.30. The highest BCUT2D eigenvalue weighted by molar-refractivity contribution is 9.10. The molecule has 1 aliphatic heterocycles. The van der Waals surface area contributed by atoms with Gasteiger partial charge in [-0.15, -0.1) is 0 Å². The van der Waals surface area contributed by atoms with Crippen LogP contribution in [0.2, 0.25) is 5.02 Å². The fourth-order valence-corrected chi connectivity index (χ4v) is 5.44. The fourth-order valence-electron chi connectivity index (χ4n) is 4.76. The summed E-state index contributed by atoms with van der Waals surface area (Å²) in [5.74, 6) is -0.269. The van der Waals surface area contributed by atoms with Crippen LogP contribution in [0.3, 0.4) is 0 Å². The first-order valence-electron chi connectivity index (χ1n) is 12.1. The van der Waals surface area contributed by atoms with Crippen LogP contribution in [0.1, 0.15) is 43.5 Å². The Labute approximate surface area is 227 Å². The van der Waals surface area contributed by atoms with Gasteiger partial charge in [0.15, 0.2) is 0 Å². The second-order valence-electron chi connectivity index (χ2n) is 9.44. The van der Waals surface area contributed by atoms with Gasteiger partial charge in [0.2, 0.25) is 5.91 Å². The zero-order valence-electron chi connectivity index (χ0n) is 20.7. The Kier molecular flexibility index (Phi) is 7.00. The van der Waals surface area contributed by atoms with E-state index in [1.165, 1.54) is 0 Å². The Bertz CT molecular complexity index is 1560. The molecule has 2 bridgehead atoms. The predicted molar refractivity (Wildman–Crippen MR) is 148 cm³/mol. The number of carbonyl (C=O) groups excluding carboxylic acids is 1. The summed E-state index contributed by atoms with van der Waals surface area (Å²) in [4.78, 5) is 35.7. The predicted octanol–water partition coefficient (Wildman–Crippen LogP) is 5.78. The molecule has 0 spiro atoms. The number of amides is 1. The lowest BCUT2D eigenvalue weighted by Crippen LogP contribution is -2.28. The number of rotatable bonds is 2. The van der Waals surface area contributed by atoms with Crippen molar-refractivity contribution in [1.82, 2.24) is 24.3 Å². The van der Waals surface area contributed by atoms with E-state index in [1.807, 2.05) is 51.2 Å². The quantitative estimate of drug-likeness (QED) is 0.324. The van der Waals surface area contributed by atoms with Crippen molar-refractivity contribution in [1.29, 1.82) is 0 Å². The number of hydrogen-bond donors (Lipinski definition) is 1.